The molecule has 0 aliphatic carbocycles. The van der Waals surface area contributed by atoms with Crippen LogP contribution in [0.2, 0.25) is 0 Å². The van der Waals surface area contributed by atoms with Crippen LogP contribution in [-0.4, -0.2) is 32.8 Å². The Morgan fingerprint density at radius 1 is 1.19 bits per heavy atom. The van der Waals surface area contributed by atoms with E-state index in [2.05, 4.69) is 30.7 Å². The molecular formula is C13H20N6O2. The summed E-state index contributed by atoms with van der Waals surface area (Å²) >= 11 is 0. The van der Waals surface area contributed by atoms with Crippen LogP contribution < -0.4 is 15.4 Å². The standard InChI is InChI=1S/C13H20N6O2/c1-5-14-11-16-12(18-13(17-11)20-8(2)3)15-7-10-6-9(4)21-19-10/h6,8H,5,7H2,1-4H3,(H2,14,15,16,17,18). The van der Waals surface area contributed by atoms with Crippen molar-refractivity contribution in [1.82, 2.24) is 20.1 Å². The molecule has 0 bridgehead atoms. The maximum Gasteiger partial charge on any atom is 0.323 e. The van der Waals surface area contributed by atoms with Crippen molar-refractivity contribution < 1.29 is 9.26 Å². The summed E-state index contributed by atoms with van der Waals surface area (Å²) in [5, 5.41) is 10.0. The van der Waals surface area contributed by atoms with E-state index in [0.717, 1.165) is 11.5 Å². The average molecular weight is 292 g/mol. The lowest BCUT2D eigenvalue weighted by Gasteiger charge is -2.11. The van der Waals surface area contributed by atoms with Gasteiger partial charge in [0.05, 0.1) is 12.6 Å². The van der Waals surface area contributed by atoms with E-state index in [1.165, 1.54) is 0 Å². The largest absolute Gasteiger partial charge is 0.461 e. The Balaban J connectivity index is 2.10. The van der Waals surface area contributed by atoms with Crippen LogP contribution in [0.15, 0.2) is 10.6 Å². The Morgan fingerprint density at radius 2 is 1.90 bits per heavy atom. The molecule has 0 unspecified atom stereocenters. The molecule has 8 heteroatoms. The van der Waals surface area contributed by atoms with E-state index in [-0.39, 0.29) is 12.1 Å². The van der Waals surface area contributed by atoms with Crippen LogP contribution >= 0.6 is 0 Å². The molecule has 0 aliphatic rings. The van der Waals surface area contributed by atoms with E-state index >= 15 is 0 Å². The van der Waals surface area contributed by atoms with Gasteiger partial charge >= 0.3 is 6.01 Å². The topological polar surface area (TPSA) is 98.0 Å². The third-order valence-electron chi connectivity index (χ3n) is 2.40. The number of nitrogens with one attached hydrogen (secondary N) is 2. The molecule has 2 heterocycles. The number of hydrogen-bond donors (Lipinski definition) is 2. The summed E-state index contributed by atoms with van der Waals surface area (Å²) in [6.07, 6.45) is -0.00656. The Morgan fingerprint density at radius 3 is 2.48 bits per heavy atom. The van der Waals surface area contributed by atoms with Gasteiger partial charge in [-0.1, -0.05) is 5.16 Å². The van der Waals surface area contributed by atoms with Crippen LogP contribution in [0.4, 0.5) is 11.9 Å². The summed E-state index contributed by atoms with van der Waals surface area (Å²) in [5.74, 6) is 1.67. The minimum atomic E-state index is -0.00656. The van der Waals surface area contributed by atoms with Crippen molar-refractivity contribution in [2.45, 2.75) is 40.3 Å². The van der Waals surface area contributed by atoms with Crippen molar-refractivity contribution in [3.63, 3.8) is 0 Å². The second-order valence-corrected chi connectivity index (χ2v) is 4.74. The van der Waals surface area contributed by atoms with Crippen LogP contribution in [0.5, 0.6) is 6.01 Å². The van der Waals surface area contributed by atoms with Crippen molar-refractivity contribution in [3.05, 3.63) is 17.5 Å². The summed E-state index contributed by atoms with van der Waals surface area (Å²) in [5.41, 5.74) is 0.782. The molecule has 0 aliphatic heterocycles. The SMILES string of the molecule is CCNc1nc(NCc2cc(C)on2)nc(OC(C)C)n1. The molecule has 0 aromatic carbocycles. The van der Waals surface area contributed by atoms with Gasteiger partial charge in [0.1, 0.15) is 11.5 Å². The highest BCUT2D eigenvalue weighted by Gasteiger charge is 2.09. The maximum atomic E-state index is 5.52. The summed E-state index contributed by atoms with van der Waals surface area (Å²) in [7, 11) is 0. The molecule has 0 atom stereocenters. The highest BCUT2D eigenvalue weighted by molar-refractivity contribution is 5.36. The van der Waals surface area contributed by atoms with Gasteiger partial charge in [-0.05, 0) is 27.7 Å². The van der Waals surface area contributed by atoms with Crippen LogP contribution in [-0.2, 0) is 6.54 Å². The van der Waals surface area contributed by atoms with E-state index in [9.17, 15) is 0 Å². The molecule has 8 nitrogen and oxygen atoms in total. The summed E-state index contributed by atoms with van der Waals surface area (Å²) in [4.78, 5) is 12.7. The quantitative estimate of drug-likeness (QED) is 0.799. The molecule has 0 radical (unpaired) electrons. The number of hydrogen-bond acceptors (Lipinski definition) is 8. The summed E-state index contributed by atoms with van der Waals surface area (Å²) < 4.78 is 10.5. The molecule has 21 heavy (non-hydrogen) atoms. The zero-order valence-electron chi connectivity index (χ0n) is 12.7. The maximum absolute atomic E-state index is 5.52. The summed E-state index contributed by atoms with van der Waals surface area (Å²) in [6.45, 7) is 8.83. The fraction of sp³-hybridized carbons (Fsp3) is 0.538. The molecular weight excluding hydrogens is 272 g/mol. The Kier molecular flexibility index (Phi) is 4.91. The van der Waals surface area contributed by atoms with Gasteiger partial charge in [-0.2, -0.15) is 15.0 Å². The van der Waals surface area contributed by atoms with Crippen LogP contribution in [0.1, 0.15) is 32.2 Å². The van der Waals surface area contributed by atoms with Crippen LogP contribution in [0.25, 0.3) is 0 Å². The minimum Gasteiger partial charge on any atom is -0.461 e. The van der Waals surface area contributed by atoms with Crippen molar-refractivity contribution in [1.29, 1.82) is 0 Å². The average Bonchev–Trinajstić information content (AvgIpc) is 2.82. The molecule has 2 N–H and O–H groups in total. The molecule has 0 saturated carbocycles. The number of aromatic nitrogens is 4. The number of nitrogens with zero attached hydrogens (tertiary/aromatic N) is 4. The number of ether oxygens (including phenoxy) is 1. The second kappa shape index (κ2) is 6.87. The molecule has 0 amide bonds. The van der Waals surface area contributed by atoms with Gasteiger partial charge in [0, 0.05) is 12.6 Å². The van der Waals surface area contributed by atoms with E-state index in [0.29, 0.717) is 25.0 Å². The predicted octanol–water partition coefficient (Wildman–Crippen LogP) is 2.00. The fourth-order valence-electron chi connectivity index (χ4n) is 1.61. The van der Waals surface area contributed by atoms with Gasteiger partial charge < -0.3 is 19.9 Å². The van der Waals surface area contributed by atoms with Crippen molar-refractivity contribution in [2.75, 3.05) is 17.2 Å². The number of anilines is 2. The molecule has 2 aromatic rings. The first-order valence-electron chi connectivity index (χ1n) is 6.89. The fourth-order valence-corrected chi connectivity index (χ4v) is 1.61. The number of rotatable bonds is 7. The van der Waals surface area contributed by atoms with Gasteiger partial charge in [-0.3, -0.25) is 0 Å². The van der Waals surface area contributed by atoms with E-state index in [4.69, 9.17) is 9.26 Å². The minimum absolute atomic E-state index is 0.00656. The van der Waals surface area contributed by atoms with E-state index in [1.54, 1.807) is 0 Å². The molecule has 0 saturated heterocycles. The first-order chi connectivity index (χ1) is 10.1. The number of aryl methyl sites for hydroxylation is 1. The first-order valence-corrected chi connectivity index (χ1v) is 6.89. The third-order valence-corrected chi connectivity index (χ3v) is 2.40. The Labute approximate surface area is 123 Å². The lowest BCUT2D eigenvalue weighted by molar-refractivity contribution is 0.222. The van der Waals surface area contributed by atoms with Crippen LogP contribution in [0, 0.1) is 6.92 Å². The normalized spacial score (nSPS) is 10.7. The van der Waals surface area contributed by atoms with Crippen molar-refractivity contribution in [3.8, 4) is 6.01 Å². The second-order valence-electron chi connectivity index (χ2n) is 4.74. The first kappa shape index (κ1) is 15.0. The molecule has 0 spiro atoms. The Hall–Kier alpha value is -2.38. The van der Waals surface area contributed by atoms with E-state index < -0.39 is 0 Å². The summed E-state index contributed by atoms with van der Waals surface area (Å²) in [6, 6.07) is 2.14. The van der Waals surface area contributed by atoms with Gasteiger partial charge in [0.25, 0.3) is 0 Å². The monoisotopic (exact) mass is 292 g/mol. The molecule has 2 aromatic heterocycles. The smallest absolute Gasteiger partial charge is 0.323 e. The lowest BCUT2D eigenvalue weighted by Crippen LogP contribution is -2.13. The predicted molar refractivity (Wildman–Crippen MR) is 78.3 cm³/mol. The van der Waals surface area contributed by atoms with Crippen LogP contribution in [0.3, 0.4) is 0 Å². The highest BCUT2D eigenvalue weighted by Crippen LogP contribution is 2.13. The zero-order chi connectivity index (χ0) is 15.2. The molecule has 2 rings (SSSR count). The van der Waals surface area contributed by atoms with Gasteiger partial charge in [0.15, 0.2) is 0 Å². The van der Waals surface area contributed by atoms with Crippen molar-refractivity contribution in [2.24, 2.45) is 0 Å². The zero-order valence-corrected chi connectivity index (χ0v) is 12.7. The third kappa shape index (κ3) is 4.59. The molecule has 0 fully saturated rings. The lowest BCUT2D eigenvalue weighted by atomic mass is 10.4. The Bertz CT molecular complexity index is 584. The van der Waals surface area contributed by atoms with Crippen molar-refractivity contribution >= 4 is 11.9 Å². The van der Waals surface area contributed by atoms with E-state index in [1.807, 2.05) is 33.8 Å². The van der Waals surface area contributed by atoms with Gasteiger partial charge in [-0.15, -0.1) is 0 Å². The molecule has 114 valence electrons. The highest BCUT2D eigenvalue weighted by atomic mass is 16.5. The van der Waals surface area contributed by atoms with Gasteiger partial charge in [-0.25, -0.2) is 0 Å². The van der Waals surface area contributed by atoms with Gasteiger partial charge in [0.2, 0.25) is 11.9 Å².